The van der Waals surface area contributed by atoms with Crippen molar-refractivity contribution in [2.75, 3.05) is 53.4 Å². The summed E-state index contributed by atoms with van der Waals surface area (Å²) in [6, 6.07) is 3.90. The van der Waals surface area contributed by atoms with Gasteiger partial charge in [-0.25, -0.2) is 14.6 Å². The van der Waals surface area contributed by atoms with E-state index < -0.39 is 11.9 Å². The molecule has 0 bridgehead atoms. The first kappa shape index (κ1) is 23.7. The number of pyridine rings is 1. The Bertz CT molecular complexity index is 764. The zero-order valence-corrected chi connectivity index (χ0v) is 18.0. The minimum Gasteiger partial charge on any atom is -0.478 e. The molecular weight excluding hydrogens is 408 g/mol. The predicted octanol–water partition coefficient (Wildman–Crippen LogP) is 0.799. The molecule has 2 aliphatic heterocycles. The van der Waals surface area contributed by atoms with E-state index in [9.17, 15) is 9.59 Å². The molecule has 0 aromatic carbocycles. The average molecular weight is 437 g/mol. The Balaban J connectivity index is 0.000000343. The van der Waals surface area contributed by atoms with Crippen LogP contribution in [0.3, 0.4) is 0 Å². The summed E-state index contributed by atoms with van der Waals surface area (Å²) in [4.78, 5) is 31.3. The van der Waals surface area contributed by atoms with E-state index in [0.29, 0.717) is 18.0 Å². The summed E-state index contributed by atoms with van der Waals surface area (Å²) in [5, 5.41) is 15.6. The molecule has 2 aliphatic rings. The largest absolute Gasteiger partial charge is 0.478 e. The standard InChI is InChI=1S/C16H24N4OS.C4H4O4/c1-18-8-10-20(11-9-18)7-5-13-12-19(2)16(22)14-4-3-6-17-15(14)21-13;5-3(6)1-2-4(7)8/h3-4,6,13H,5,7-12H2,1-2H3;1-2H,(H,5,6)(H,7,8). The van der Waals surface area contributed by atoms with Gasteiger partial charge >= 0.3 is 11.9 Å². The number of aromatic nitrogens is 1. The van der Waals surface area contributed by atoms with Crippen molar-refractivity contribution >= 4 is 29.1 Å². The second-order valence-electron chi connectivity index (χ2n) is 7.23. The van der Waals surface area contributed by atoms with Crippen LogP contribution in [0.1, 0.15) is 12.0 Å². The van der Waals surface area contributed by atoms with Crippen LogP contribution in [0.5, 0.6) is 5.88 Å². The Morgan fingerprint density at radius 1 is 1.20 bits per heavy atom. The molecule has 0 saturated carbocycles. The Hall–Kier alpha value is -2.56. The number of hydrogen-bond acceptors (Lipinski definition) is 7. The molecule has 1 unspecified atom stereocenters. The van der Waals surface area contributed by atoms with Gasteiger partial charge in [0.15, 0.2) is 0 Å². The number of aliphatic carboxylic acids is 2. The fraction of sp³-hybridized carbons (Fsp3) is 0.500. The van der Waals surface area contributed by atoms with Crippen molar-refractivity contribution in [2.24, 2.45) is 0 Å². The van der Waals surface area contributed by atoms with E-state index in [1.807, 2.05) is 19.2 Å². The summed E-state index contributed by atoms with van der Waals surface area (Å²) in [6.45, 7) is 6.49. The van der Waals surface area contributed by atoms with E-state index >= 15 is 0 Å². The Morgan fingerprint density at radius 3 is 2.43 bits per heavy atom. The first-order chi connectivity index (χ1) is 14.3. The number of piperazine rings is 1. The number of hydrogen-bond donors (Lipinski definition) is 2. The van der Waals surface area contributed by atoms with Gasteiger partial charge in [0.1, 0.15) is 11.1 Å². The van der Waals surface area contributed by atoms with E-state index in [4.69, 9.17) is 27.2 Å². The minimum atomic E-state index is -1.26. The first-order valence-electron chi connectivity index (χ1n) is 9.68. The van der Waals surface area contributed by atoms with E-state index in [1.165, 1.54) is 0 Å². The lowest BCUT2D eigenvalue weighted by Gasteiger charge is -2.33. The van der Waals surface area contributed by atoms with Crippen LogP contribution in [0.15, 0.2) is 30.5 Å². The lowest BCUT2D eigenvalue weighted by Crippen LogP contribution is -2.46. The highest BCUT2D eigenvalue weighted by molar-refractivity contribution is 7.80. The summed E-state index contributed by atoms with van der Waals surface area (Å²) in [6.07, 6.45) is 4.03. The van der Waals surface area contributed by atoms with Crippen molar-refractivity contribution in [2.45, 2.75) is 12.5 Å². The molecule has 1 aromatic rings. The third-order valence-electron chi connectivity index (χ3n) is 4.84. The maximum Gasteiger partial charge on any atom is 0.328 e. The highest BCUT2D eigenvalue weighted by atomic mass is 32.1. The van der Waals surface area contributed by atoms with E-state index in [2.05, 4.69) is 26.7 Å². The van der Waals surface area contributed by atoms with E-state index in [0.717, 1.165) is 56.2 Å². The molecule has 3 rings (SSSR count). The minimum absolute atomic E-state index is 0.138. The molecule has 1 aromatic heterocycles. The smallest absolute Gasteiger partial charge is 0.328 e. The second-order valence-corrected chi connectivity index (χ2v) is 7.61. The fourth-order valence-corrected chi connectivity index (χ4v) is 3.36. The lowest BCUT2D eigenvalue weighted by molar-refractivity contribution is -0.134. The third kappa shape index (κ3) is 7.69. The number of nitrogens with zero attached hydrogens (tertiary/aromatic N) is 4. The van der Waals surface area contributed by atoms with Crippen LogP contribution in [0.2, 0.25) is 0 Å². The summed E-state index contributed by atoms with van der Waals surface area (Å²) >= 11 is 5.54. The number of carbonyl (C=O) groups is 2. The second kappa shape index (κ2) is 11.6. The van der Waals surface area contributed by atoms with Crippen molar-refractivity contribution in [1.29, 1.82) is 0 Å². The van der Waals surface area contributed by atoms with Crippen molar-refractivity contribution < 1.29 is 24.5 Å². The fourth-order valence-electron chi connectivity index (χ4n) is 3.13. The van der Waals surface area contributed by atoms with Crippen LogP contribution in [0.4, 0.5) is 0 Å². The van der Waals surface area contributed by atoms with Gasteiger partial charge in [0, 0.05) is 58.1 Å². The normalized spacial score (nSPS) is 20.0. The number of fused-ring (bicyclic) bond motifs is 1. The molecule has 0 radical (unpaired) electrons. The molecule has 164 valence electrons. The Morgan fingerprint density at radius 2 is 1.83 bits per heavy atom. The average Bonchev–Trinajstić information content (AvgIpc) is 2.83. The topological polar surface area (TPSA) is 106 Å². The molecular formula is C20H28N4O5S. The molecule has 2 N–H and O–H groups in total. The van der Waals surface area contributed by atoms with E-state index in [-0.39, 0.29) is 6.10 Å². The zero-order chi connectivity index (χ0) is 22.1. The van der Waals surface area contributed by atoms with Gasteiger partial charge in [-0.2, -0.15) is 0 Å². The van der Waals surface area contributed by atoms with Crippen LogP contribution >= 0.6 is 12.2 Å². The van der Waals surface area contributed by atoms with Crippen molar-refractivity contribution in [1.82, 2.24) is 19.7 Å². The van der Waals surface area contributed by atoms with Gasteiger partial charge in [-0.05, 0) is 25.6 Å². The van der Waals surface area contributed by atoms with Crippen LogP contribution in [0.25, 0.3) is 0 Å². The van der Waals surface area contributed by atoms with Gasteiger partial charge in [0.05, 0.1) is 12.1 Å². The molecule has 30 heavy (non-hydrogen) atoms. The number of carboxylic acids is 2. The third-order valence-corrected chi connectivity index (χ3v) is 5.37. The van der Waals surface area contributed by atoms with Crippen molar-refractivity contribution in [3.63, 3.8) is 0 Å². The van der Waals surface area contributed by atoms with Crippen LogP contribution in [-0.4, -0.2) is 106 Å². The summed E-state index contributed by atoms with van der Waals surface area (Å²) in [5.41, 5.74) is 0.932. The molecule has 0 aliphatic carbocycles. The zero-order valence-electron chi connectivity index (χ0n) is 17.2. The van der Waals surface area contributed by atoms with Gasteiger partial charge in [-0.1, -0.05) is 12.2 Å². The van der Waals surface area contributed by atoms with Gasteiger partial charge < -0.3 is 29.6 Å². The maximum atomic E-state index is 9.55. The van der Waals surface area contributed by atoms with Crippen LogP contribution < -0.4 is 4.74 Å². The van der Waals surface area contributed by atoms with Gasteiger partial charge in [0.25, 0.3) is 0 Å². The molecule has 9 nitrogen and oxygen atoms in total. The highest BCUT2D eigenvalue weighted by Crippen LogP contribution is 2.23. The highest BCUT2D eigenvalue weighted by Gasteiger charge is 2.25. The number of thiocarbonyl (C=S) groups is 1. The number of ether oxygens (including phenoxy) is 1. The lowest BCUT2D eigenvalue weighted by atomic mass is 10.2. The van der Waals surface area contributed by atoms with Crippen LogP contribution in [0, 0.1) is 0 Å². The number of rotatable bonds is 5. The molecule has 1 atom stereocenters. The molecule has 1 fully saturated rings. The van der Waals surface area contributed by atoms with Gasteiger partial charge in [-0.3, -0.25) is 0 Å². The van der Waals surface area contributed by atoms with Crippen LogP contribution in [-0.2, 0) is 9.59 Å². The van der Waals surface area contributed by atoms with Crippen molar-refractivity contribution in [3.05, 3.63) is 36.0 Å². The quantitative estimate of drug-likeness (QED) is 0.508. The Kier molecular flexibility index (Phi) is 9.15. The van der Waals surface area contributed by atoms with E-state index in [1.54, 1.807) is 6.20 Å². The number of likely N-dealkylation sites (N-methyl/N-ethyl adjacent to an activating group) is 2. The molecule has 10 heteroatoms. The Labute approximate surface area is 181 Å². The molecule has 0 amide bonds. The van der Waals surface area contributed by atoms with Crippen molar-refractivity contribution in [3.8, 4) is 5.88 Å². The molecule has 0 spiro atoms. The predicted molar refractivity (Wildman–Crippen MR) is 116 cm³/mol. The number of carboxylic acid groups (broad SMARTS) is 2. The van der Waals surface area contributed by atoms with Gasteiger partial charge in [-0.15, -0.1) is 0 Å². The SMILES string of the molecule is CN1CCN(CCC2CN(C)C(=S)c3cccnc3O2)CC1.O=C(O)C=CC(=O)O. The molecule has 3 heterocycles. The summed E-state index contributed by atoms with van der Waals surface area (Å²) in [7, 11) is 4.22. The summed E-state index contributed by atoms with van der Waals surface area (Å²) < 4.78 is 6.13. The molecule has 1 saturated heterocycles. The monoisotopic (exact) mass is 436 g/mol. The van der Waals surface area contributed by atoms with Gasteiger partial charge in [0.2, 0.25) is 5.88 Å². The summed E-state index contributed by atoms with van der Waals surface area (Å²) in [5.74, 6) is -1.83. The first-order valence-corrected chi connectivity index (χ1v) is 10.1. The maximum absolute atomic E-state index is 9.55.